The molecule has 10 nitrogen and oxygen atoms in total. The van der Waals surface area contributed by atoms with Crippen LogP contribution in [0.2, 0.25) is 0 Å². The summed E-state index contributed by atoms with van der Waals surface area (Å²) >= 11 is 0. The molecule has 0 bridgehead atoms. The van der Waals surface area contributed by atoms with E-state index in [1.165, 1.54) is 35.7 Å². The zero-order valence-electron chi connectivity index (χ0n) is 23.0. The van der Waals surface area contributed by atoms with Crippen LogP contribution in [0.1, 0.15) is 19.3 Å². The second-order valence-electron chi connectivity index (χ2n) is 10.1. The monoisotopic (exact) mass is 583 g/mol. The predicted octanol–water partition coefficient (Wildman–Crippen LogP) is 3.20. The van der Waals surface area contributed by atoms with E-state index < -0.39 is 10.0 Å². The quantitative estimate of drug-likeness (QED) is 0.378. The van der Waals surface area contributed by atoms with Crippen molar-refractivity contribution in [2.45, 2.75) is 30.3 Å². The minimum atomic E-state index is -3.94. The van der Waals surface area contributed by atoms with E-state index >= 15 is 0 Å². The van der Waals surface area contributed by atoms with Crippen molar-refractivity contribution in [1.29, 1.82) is 0 Å². The van der Waals surface area contributed by atoms with Gasteiger partial charge in [-0.25, -0.2) is 12.8 Å². The fraction of sp³-hybridized carbons (Fsp3) is 0.414. The van der Waals surface area contributed by atoms with Gasteiger partial charge in [0.2, 0.25) is 15.9 Å². The number of aromatic nitrogens is 2. The summed E-state index contributed by atoms with van der Waals surface area (Å²) in [4.78, 5) is 17.4. The van der Waals surface area contributed by atoms with Crippen molar-refractivity contribution < 1.29 is 27.1 Å². The third-order valence-corrected chi connectivity index (χ3v) is 9.23. The topological polar surface area (TPSA) is 105 Å². The molecule has 0 unspecified atom stereocenters. The Labute approximate surface area is 239 Å². The molecule has 3 heterocycles. The number of amides is 1. The number of benzene rings is 2. The molecule has 0 spiro atoms. The van der Waals surface area contributed by atoms with Crippen molar-refractivity contribution in [2.75, 3.05) is 57.9 Å². The van der Waals surface area contributed by atoms with Crippen LogP contribution >= 0.6 is 0 Å². The highest BCUT2D eigenvalue weighted by Crippen LogP contribution is 2.23. The Hall–Kier alpha value is -3.61. The molecule has 2 fully saturated rings. The van der Waals surface area contributed by atoms with Crippen LogP contribution in [0.25, 0.3) is 11.3 Å². The van der Waals surface area contributed by atoms with Gasteiger partial charge in [-0.2, -0.15) is 4.31 Å². The van der Waals surface area contributed by atoms with Crippen LogP contribution in [-0.2, 0) is 19.6 Å². The molecule has 12 heteroatoms. The molecule has 2 aromatic carbocycles. The van der Waals surface area contributed by atoms with Gasteiger partial charge in [0.1, 0.15) is 11.6 Å². The molecule has 2 aliphatic rings. The summed E-state index contributed by atoms with van der Waals surface area (Å²) in [6.45, 7) is 2.59. The van der Waals surface area contributed by atoms with Gasteiger partial charge < -0.3 is 19.3 Å². The summed E-state index contributed by atoms with van der Waals surface area (Å²) < 4.78 is 52.6. The average molecular weight is 584 g/mol. The number of sulfonamides is 1. The number of carbonyl (C=O) groups is 1. The molecule has 1 aromatic heterocycles. The van der Waals surface area contributed by atoms with Gasteiger partial charge in [-0.15, -0.1) is 10.2 Å². The van der Waals surface area contributed by atoms with Crippen molar-refractivity contribution in [2.24, 2.45) is 0 Å². The number of halogens is 1. The fourth-order valence-corrected chi connectivity index (χ4v) is 6.50. The lowest BCUT2D eigenvalue weighted by molar-refractivity contribution is -0.131. The highest BCUT2D eigenvalue weighted by Gasteiger charge is 2.32. The van der Waals surface area contributed by atoms with Crippen molar-refractivity contribution in [3.63, 3.8) is 0 Å². The highest BCUT2D eigenvalue weighted by atomic mass is 32.2. The van der Waals surface area contributed by atoms with Crippen molar-refractivity contribution in [1.82, 2.24) is 19.4 Å². The van der Waals surface area contributed by atoms with Crippen LogP contribution in [-0.4, -0.2) is 92.8 Å². The first kappa shape index (κ1) is 28.9. The van der Waals surface area contributed by atoms with Crippen molar-refractivity contribution in [3.05, 3.63) is 66.5 Å². The maximum atomic E-state index is 13.6. The Morgan fingerprint density at radius 1 is 1.00 bits per heavy atom. The van der Waals surface area contributed by atoms with Gasteiger partial charge in [-0.05, 0) is 79.9 Å². The van der Waals surface area contributed by atoms with E-state index in [9.17, 15) is 17.6 Å². The number of anilines is 1. The average Bonchev–Trinajstić information content (AvgIpc) is 3.38. The summed E-state index contributed by atoms with van der Waals surface area (Å²) in [5, 5.41) is 8.67. The number of rotatable bonds is 9. The summed E-state index contributed by atoms with van der Waals surface area (Å²) in [7, 11) is -2.42. The lowest BCUT2D eigenvalue weighted by Crippen LogP contribution is -2.46. The minimum absolute atomic E-state index is 0.105. The molecular formula is C29H34FN5O5S. The maximum Gasteiger partial charge on any atom is 0.243 e. The van der Waals surface area contributed by atoms with Crippen LogP contribution in [0, 0.1) is 5.82 Å². The summed E-state index contributed by atoms with van der Waals surface area (Å²) in [5.41, 5.74) is 1.42. The highest BCUT2D eigenvalue weighted by molar-refractivity contribution is 7.89. The number of carbonyl (C=O) groups excluding carboxylic acids is 1. The lowest BCUT2D eigenvalue weighted by atomic mass is 10.1. The number of hydrogen-bond donors (Lipinski definition) is 0. The van der Waals surface area contributed by atoms with E-state index in [0.29, 0.717) is 56.5 Å². The summed E-state index contributed by atoms with van der Waals surface area (Å²) in [5.74, 6) is 0.678. The van der Waals surface area contributed by atoms with E-state index in [4.69, 9.17) is 9.47 Å². The van der Waals surface area contributed by atoms with Crippen molar-refractivity contribution >= 4 is 21.7 Å². The molecule has 0 saturated carbocycles. The largest absolute Gasteiger partial charge is 0.497 e. The van der Waals surface area contributed by atoms with Gasteiger partial charge in [0.05, 0.1) is 30.3 Å². The van der Waals surface area contributed by atoms with Crippen LogP contribution in [0.15, 0.2) is 65.6 Å². The van der Waals surface area contributed by atoms with Gasteiger partial charge in [-0.3, -0.25) is 4.79 Å². The van der Waals surface area contributed by atoms with E-state index in [0.717, 1.165) is 18.4 Å². The van der Waals surface area contributed by atoms with Gasteiger partial charge in [0, 0.05) is 44.9 Å². The van der Waals surface area contributed by atoms with Crippen LogP contribution in [0.4, 0.5) is 10.2 Å². The summed E-state index contributed by atoms with van der Waals surface area (Å²) in [6.07, 6.45) is 2.07. The first-order chi connectivity index (χ1) is 19.8. The molecule has 1 atom stereocenters. The molecule has 0 N–H and O–H groups in total. The Morgan fingerprint density at radius 2 is 1.78 bits per heavy atom. The molecule has 0 radical (unpaired) electrons. The van der Waals surface area contributed by atoms with Crippen molar-refractivity contribution in [3.8, 4) is 17.0 Å². The Kier molecular flexibility index (Phi) is 9.11. The Balaban J connectivity index is 1.25. The Morgan fingerprint density at radius 3 is 2.44 bits per heavy atom. The van der Waals surface area contributed by atoms with E-state index in [1.54, 1.807) is 29.2 Å². The number of nitrogens with zero attached hydrogens (tertiary/aromatic N) is 5. The van der Waals surface area contributed by atoms with E-state index in [1.807, 2.05) is 12.1 Å². The Bertz CT molecular complexity index is 1420. The number of methoxy groups -OCH3 is 1. The molecule has 218 valence electrons. The van der Waals surface area contributed by atoms with Crippen LogP contribution in [0.3, 0.4) is 0 Å². The fourth-order valence-electron chi connectivity index (χ4n) is 5.08. The third-order valence-electron chi connectivity index (χ3n) is 7.40. The van der Waals surface area contributed by atoms with Gasteiger partial charge in [-0.1, -0.05) is 0 Å². The minimum Gasteiger partial charge on any atom is -0.497 e. The molecule has 5 rings (SSSR count). The first-order valence-electron chi connectivity index (χ1n) is 13.7. The normalized spacial score (nSPS) is 18.0. The molecule has 41 heavy (non-hydrogen) atoms. The first-order valence-corrected chi connectivity index (χ1v) is 15.2. The van der Waals surface area contributed by atoms with Crippen LogP contribution < -0.4 is 9.64 Å². The second kappa shape index (κ2) is 12.9. The zero-order valence-corrected chi connectivity index (χ0v) is 23.8. The van der Waals surface area contributed by atoms with Gasteiger partial charge in [0.25, 0.3) is 0 Å². The lowest BCUT2D eigenvalue weighted by Gasteiger charge is -2.28. The molecule has 2 saturated heterocycles. The molecule has 3 aromatic rings. The van der Waals surface area contributed by atoms with Crippen LogP contribution in [0.5, 0.6) is 5.75 Å². The standard InChI is InChI=1S/C29H34FN5O5S/c1-39-24-9-11-26(12-10-24)41(37,38)35(20-25-4-2-19-40-25)21-29(36)34-16-3-15-33(17-18-34)28-14-13-27(31-32-28)22-5-7-23(30)8-6-22/h5-14,25H,2-4,15-21H2,1H3/t25-/m0/s1. The molecule has 2 aliphatic heterocycles. The number of ether oxygens (including phenoxy) is 2. The smallest absolute Gasteiger partial charge is 0.243 e. The molecule has 1 amide bonds. The predicted molar refractivity (Wildman–Crippen MR) is 152 cm³/mol. The molecule has 0 aliphatic carbocycles. The molecular weight excluding hydrogens is 549 g/mol. The third kappa shape index (κ3) is 7.00. The van der Waals surface area contributed by atoms with E-state index in [-0.39, 0.29) is 35.8 Å². The van der Waals surface area contributed by atoms with E-state index in [2.05, 4.69) is 15.1 Å². The van der Waals surface area contributed by atoms with Gasteiger partial charge in [0.15, 0.2) is 5.82 Å². The maximum absolute atomic E-state index is 13.6. The SMILES string of the molecule is COc1ccc(S(=O)(=O)N(CC(=O)N2CCCN(c3ccc(-c4ccc(F)cc4)nn3)CC2)C[C@@H]2CCCO2)cc1. The van der Waals surface area contributed by atoms with Gasteiger partial charge >= 0.3 is 0 Å². The zero-order chi connectivity index (χ0) is 28.8. The number of hydrogen-bond acceptors (Lipinski definition) is 8. The second-order valence-corrected chi connectivity index (χ2v) is 12.1. The summed E-state index contributed by atoms with van der Waals surface area (Å²) in [6, 6.07) is 16.0.